The topological polar surface area (TPSA) is 78.0 Å². The van der Waals surface area contributed by atoms with Gasteiger partial charge in [0.1, 0.15) is 39.6 Å². The Bertz CT molecular complexity index is 6880. The quantitative estimate of drug-likeness (QED) is 0.172. The van der Waals surface area contributed by atoms with Gasteiger partial charge in [-0.05, 0) is 108 Å². The fourth-order valence-corrected chi connectivity index (χ4v) is 18.5. The summed E-state index contributed by atoms with van der Waals surface area (Å²) in [5, 5.41) is 30.2. The van der Waals surface area contributed by atoms with Gasteiger partial charge in [-0.15, -0.1) is 22.7 Å². The van der Waals surface area contributed by atoms with Crippen LogP contribution in [0.15, 0.2) is 280 Å². The van der Waals surface area contributed by atoms with Gasteiger partial charge in [0.05, 0.1) is 71.9 Å². The van der Waals surface area contributed by atoms with Crippen LogP contribution >= 0.6 is 22.7 Å². The molecule has 0 amide bonds. The van der Waals surface area contributed by atoms with Crippen LogP contribution in [0, 0.1) is 11.3 Å². The Morgan fingerprint density at radius 3 is 0.957 bits per heavy atom. The van der Waals surface area contributed by atoms with Crippen molar-refractivity contribution in [3.8, 4) is 45.4 Å². The average molecular weight is 1230 g/mol. The van der Waals surface area contributed by atoms with Gasteiger partial charge in [0, 0.05) is 99.9 Å². The number of rotatable bonds is 5. The zero-order valence-electron chi connectivity index (χ0n) is 49.7. The highest BCUT2D eigenvalue weighted by atomic mass is 32.1. The molecule has 8 aromatic heterocycles. The molecule has 0 spiro atoms. The van der Waals surface area contributed by atoms with E-state index in [0.717, 1.165) is 180 Å². The van der Waals surface area contributed by atoms with Crippen LogP contribution in [0.4, 0.5) is 0 Å². The molecule has 9 heteroatoms. The molecule has 0 aliphatic heterocycles. The van der Waals surface area contributed by atoms with Crippen molar-refractivity contribution in [1.29, 1.82) is 5.26 Å². The van der Waals surface area contributed by atoms with Crippen molar-refractivity contribution >= 4 is 194 Å². The maximum absolute atomic E-state index is 13.2. The fraction of sp³-hybridized carbons (Fsp3) is 0. The Morgan fingerprint density at radius 2 is 0.574 bits per heavy atom. The van der Waals surface area contributed by atoms with E-state index in [2.05, 4.69) is 268 Å². The van der Waals surface area contributed by atoms with Crippen molar-refractivity contribution in [2.24, 2.45) is 0 Å². The lowest BCUT2D eigenvalue weighted by molar-refractivity contribution is 0.672. The Hall–Kier alpha value is -12.2. The van der Waals surface area contributed by atoms with Crippen LogP contribution in [-0.2, 0) is 0 Å². The first-order valence-electron chi connectivity index (χ1n) is 31.6. The summed E-state index contributed by atoms with van der Waals surface area (Å²) >= 11 is 3.57. The second-order valence-corrected chi connectivity index (χ2v) is 26.9. The normalized spacial score (nSPS) is 12.5. The number of fused-ring (bicyclic) bond motifs is 27. The fourth-order valence-electron chi connectivity index (χ4n) is 16.2. The van der Waals surface area contributed by atoms with Crippen molar-refractivity contribution in [2.45, 2.75) is 0 Å². The number of benzene rings is 14. The van der Waals surface area contributed by atoms with Gasteiger partial charge in [0.25, 0.3) is 0 Å². The molecular formula is C85H44N4O3S2. The highest BCUT2D eigenvalue weighted by Crippen LogP contribution is 2.55. The molecule has 0 radical (unpaired) electrons. The second-order valence-electron chi connectivity index (χ2n) is 24.8. The molecule has 94 heavy (non-hydrogen) atoms. The van der Waals surface area contributed by atoms with Crippen LogP contribution < -0.4 is 0 Å². The summed E-state index contributed by atoms with van der Waals surface area (Å²) in [4.78, 5) is 0. The minimum absolute atomic E-state index is 0.529. The lowest BCUT2D eigenvalue weighted by Gasteiger charge is -2.29. The molecule has 0 saturated heterocycles. The lowest BCUT2D eigenvalue weighted by Crippen LogP contribution is -2.14. The van der Waals surface area contributed by atoms with Crippen molar-refractivity contribution in [1.82, 2.24) is 13.7 Å². The smallest absolute Gasteiger partial charge is 0.145 e. The SMILES string of the molecule is N#Cc1c(-c2ccc3c(c2)sc2ccccc23)c(-n2c3ccccc3c3c4oc5ccccc5c4ccc32)c(-n2c3ccccc3c3c4oc5ccccc5c4ccc32)c(-n2c3ccccc3c3c4oc5ccccc5c4ccc32)c1-c1ccc2c(c1)sc1ccccc12. The highest BCUT2D eigenvalue weighted by Gasteiger charge is 2.36. The summed E-state index contributed by atoms with van der Waals surface area (Å²) in [5.74, 6) is 0. The summed E-state index contributed by atoms with van der Waals surface area (Å²) in [7, 11) is 0. The van der Waals surface area contributed by atoms with Crippen molar-refractivity contribution in [3.63, 3.8) is 0 Å². The Morgan fingerprint density at radius 1 is 0.266 bits per heavy atom. The molecule has 0 aliphatic carbocycles. The van der Waals surface area contributed by atoms with Crippen LogP contribution in [0.3, 0.4) is 0 Å². The summed E-state index contributed by atoms with van der Waals surface area (Å²) in [5.41, 5.74) is 17.0. The van der Waals surface area contributed by atoms with E-state index in [9.17, 15) is 5.26 Å². The average Bonchev–Trinajstić information content (AvgIpc) is 1.46. The molecule has 0 fully saturated rings. The van der Waals surface area contributed by atoms with E-state index in [1.165, 1.54) is 30.9 Å². The van der Waals surface area contributed by atoms with E-state index in [1.807, 2.05) is 18.2 Å². The molecule has 7 nitrogen and oxygen atoms in total. The van der Waals surface area contributed by atoms with Gasteiger partial charge in [-0.2, -0.15) is 5.26 Å². The first kappa shape index (κ1) is 50.5. The van der Waals surface area contributed by atoms with Crippen LogP contribution in [0.2, 0.25) is 0 Å². The third kappa shape index (κ3) is 6.56. The number of nitrogens with zero attached hydrogens (tertiary/aromatic N) is 4. The van der Waals surface area contributed by atoms with E-state index in [4.69, 9.17) is 13.3 Å². The van der Waals surface area contributed by atoms with Crippen molar-refractivity contribution in [2.75, 3.05) is 0 Å². The first-order valence-corrected chi connectivity index (χ1v) is 33.2. The molecule has 0 bridgehead atoms. The minimum Gasteiger partial charge on any atom is -0.455 e. The van der Waals surface area contributed by atoms with Crippen molar-refractivity contribution in [3.05, 3.63) is 272 Å². The molecule has 22 aromatic rings. The molecule has 0 aliphatic rings. The molecular weight excluding hydrogens is 1190 g/mol. The molecule has 0 unspecified atom stereocenters. The Kier molecular flexibility index (Phi) is 9.95. The summed E-state index contributed by atoms with van der Waals surface area (Å²) in [6.45, 7) is 0. The molecule has 8 heterocycles. The van der Waals surface area contributed by atoms with Crippen LogP contribution in [0.25, 0.3) is 211 Å². The van der Waals surface area contributed by atoms with E-state index in [-0.39, 0.29) is 0 Å². The summed E-state index contributed by atoms with van der Waals surface area (Å²) in [6.07, 6.45) is 0. The van der Waals surface area contributed by atoms with E-state index >= 15 is 0 Å². The standard InChI is InChI=1S/C85H44N4O3S2/c86-45-61-75(46-33-35-53-51-20-7-15-31-71(51)93-73(53)43-46)80(87-62-25-9-1-22-58(62)77-65(87)40-37-55-48-17-4-12-28-68(48)90-83(55)77)82(89-64-27-11-3-24-60(64)79-67(89)42-39-57-50-19-6-14-30-70(50)92-85(57)79)81(76(61)47-34-36-54-52-21-8-16-32-72(52)94-74(54)44-47)88-63-26-10-2-23-59(63)78-66(88)41-38-56-49-18-5-13-29-69(49)91-84(56)78/h1-44H. The molecule has 0 N–H and O–H groups in total. The van der Waals surface area contributed by atoms with Gasteiger partial charge in [0.2, 0.25) is 0 Å². The molecule has 0 atom stereocenters. The number of thiophene rings is 2. The Labute approximate surface area is 540 Å². The third-order valence-corrected chi connectivity index (χ3v) is 22.3. The largest absolute Gasteiger partial charge is 0.455 e. The summed E-state index contributed by atoms with van der Waals surface area (Å²) in [6, 6.07) is 99.1. The number of para-hydroxylation sites is 6. The number of furan rings is 3. The summed E-state index contributed by atoms with van der Waals surface area (Å²) < 4.78 is 33.5. The zero-order valence-corrected chi connectivity index (χ0v) is 51.4. The van der Waals surface area contributed by atoms with E-state index in [1.54, 1.807) is 22.7 Å². The van der Waals surface area contributed by atoms with Gasteiger partial charge in [0.15, 0.2) is 0 Å². The maximum atomic E-state index is 13.2. The van der Waals surface area contributed by atoms with E-state index < -0.39 is 0 Å². The van der Waals surface area contributed by atoms with Crippen LogP contribution in [0.1, 0.15) is 5.56 Å². The molecule has 22 rings (SSSR count). The van der Waals surface area contributed by atoms with Gasteiger partial charge in [-0.1, -0.05) is 170 Å². The van der Waals surface area contributed by atoms with Gasteiger partial charge in [-0.25, -0.2) is 0 Å². The number of hydrogen-bond donors (Lipinski definition) is 0. The zero-order chi connectivity index (χ0) is 61.2. The van der Waals surface area contributed by atoms with Crippen LogP contribution in [-0.4, -0.2) is 13.7 Å². The highest BCUT2D eigenvalue weighted by molar-refractivity contribution is 7.26. The minimum atomic E-state index is 0.529. The van der Waals surface area contributed by atoms with Crippen LogP contribution in [0.5, 0.6) is 0 Å². The third-order valence-electron chi connectivity index (χ3n) is 20.1. The number of hydrogen-bond acceptors (Lipinski definition) is 6. The maximum Gasteiger partial charge on any atom is 0.145 e. The molecule has 434 valence electrons. The lowest BCUT2D eigenvalue weighted by atomic mass is 9.87. The second kappa shape index (κ2) is 18.5. The predicted molar refractivity (Wildman–Crippen MR) is 393 cm³/mol. The molecule has 14 aromatic carbocycles. The van der Waals surface area contributed by atoms with E-state index in [0.29, 0.717) is 5.56 Å². The Balaban J connectivity index is 1.04. The van der Waals surface area contributed by atoms with Crippen molar-refractivity contribution < 1.29 is 13.3 Å². The molecule has 0 saturated carbocycles. The number of nitriles is 1. The number of aromatic nitrogens is 3. The van der Waals surface area contributed by atoms with Gasteiger partial charge in [-0.3, -0.25) is 0 Å². The van der Waals surface area contributed by atoms with Gasteiger partial charge < -0.3 is 27.0 Å². The predicted octanol–water partition coefficient (Wildman–Crippen LogP) is 24.6. The monoisotopic (exact) mass is 1230 g/mol. The van der Waals surface area contributed by atoms with Gasteiger partial charge >= 0.3 is 0 Å². The first-order chi connectivity index (χ1) is 46.6.